The van der Waals surface area contributed by atoms with Gasteiger partial charge in [-0.15, -0.1) is 0 Å². The Bertz CT molecular complexity index is 807. The van der Waals surface area contributed by atoms with Gasteiger partial charge in [-0.1, -0.05) is 68.4 Å². The van der Waals surface area contributed by atoms with Crippen molar-refractivity contribution in [2.75, 3.05) is 0 Å². The van der Waals surface area contributed by atoms with Crippen molar-refractivity contribution >= 4 is 11.8 Å². The Morgan fingerprint density at radius 1 is 0.900 bits per heavy atom. The van der Waals surface area contributed by atoms with Crippen LogP contribution in [-0.4, -0.2) is 28.3 Å². The van der Waals surface area contributed by atoms with Gasteiger partial charge in [0.25, 0.3) is 0 Å². The Balaban J connectivity index is 2.17. The van der Waals surface area contributed by atoms with Gasteiger partial charge in [-0.2, -0.15) is 0 Å². The number of benzene rings is 2. The van der Waals surface area contributed by atoms with Crippen LogP contribution in [0.15, 0.2) is 54.6 Å². The highest BCUT2D eigenvalue weighted by molar-refractivity contribution is 5.88. The molecule has 1 unspecified atom stereocenters. The molecule has 0 aromatic heterocycles. The number of hydrogen-bond donors (Lipinski definition) is 1. The third-order valence-corrected chi connectivity index (χ3v) is 5.14. The molecule has 0 spiro atoms. The van der Waals surface area contributed by atoms with E-state index in [1.54, 1.807) is 4.90 Å². The van der Waals surface area contributed by atoms with E-state index < -0.39 is 6.04 Å². The molecule has 30 heavy (non-hydrogen) atoms. The molecule has 0 aliphatic carbocycles. The number of amides is 2. The molecule has 2 amide bonds. The molecule has 0 heterocycles. The molecular weight excluding hydrogens is 372 g/mol. The van der Waals surface area contributed by atoms with E-state index in [9.17, 15) is 9.59 Å². The molecule has 2 aromatic carbocycles. The molecule has 0 bridgehead atoms. The second kappa shape index (κ2) is 11.0. The minimum atomic E-state index is -0.487. The number of nitrogens with one attached hydrogen (secondary N) is 1. The molecule has 4 nitrogen and oxygen atoms in total. The number of nitrogens with zero attached hydrogens (tertiary/aromatic N) is 1. The first-order chi connectivity index (χ1) is 14.2. The van der Waals surface area contributed by atoms with Crippen molar-refractivity contribution in [1.29, 1.82) is 0 Å². The average molecular weight is 409 g/mol. The van der Waals surface area contributed by atoms with Gasteiger partial charge in [0.2, 0.25) is 11.8 Å². The third kappa shape index (κ3) is 7.33. The fourth-order valence-corrected chi connectivity index (χ4v) is 3.49. The van der Waals surface area contributed by atoms with E-state index in [2.05, 4.69) is 36.5 Å². The predicted octanol–water partition coefficient (Wildman–Crippen LogP) is 4.90. The van der Waals surface area contributed by atoms with Crippen LogP contribution in [0, 0.1) is 0 Å². The highest BCUT2D eigenvalue weighted by Crippen LogP contribution is 2.16. The molecule has 0 fully saturated rings. The van der Waals surface area contributed by atoms with Crippen LogP contribution in [0.25, 0.3) is 0 Å². The summed E-state index contributed by atoms with van der Waals surface area (Å²) in [6.07, 6.45) is 2.64. The maximum Gasteiger partial charge on any atom is 0.243 e. The van der Waals surface area contributed by atoms with Gasteiger partial charge in [-0.05, 0) is 56.7 Å². The van der Waals surface area contributed by atoms with Gasteiger partial charge < -0.3 is 10.2 Å². The Morgan fingerprint density at radius 3 is 2.03 bits per heavy atom. The van der Waals surface area contributed by atoms with E-state index in [0.29, 0.717) is 25.8 Å². The minimum Gasteiger partial charge on any atom is -0.350 e. The quantitative estimate of drug-likeness (QED) is 0.641. The maximum absolute atomic E-state index is 13.3. The molecule has 1 atom stereocenters. The first-order valence-electron chi connectivity index (χ1n) is 11.0. The van der Waals surface area contributed by atoms with Gasteiger partial charge in [0, 0.05) is 18.5 Å². The van der Waals surface area contributed by atoms with Gasteiger partial charge in [0.1, 0.15) is 6.04 Å². The number of hydrogen-bond acceptors (Lipinski definition) is 2. The molecule has 0 aliphatic rings. The van der Waals surface area contributed by atoms with E-state index in [-0.39, 0.29) is 17.4 Å². The molecule has 0 radical (unpaired) electrons. The van der Waals surface area contributed by atoms with Crippen LogP contribution < -0.4 is 5.32 Å². The first-order valence-corrected chi connectivity index (χ1v) is 11.0. The summed E-state index contributed by atoms with van der Waals surface area (Å²) in [5, 5.41) is 3.04. The van der Waals surface area contributed by atoms with Crippen molar-refractivity contribution in [2.45, 2.75) is 78.4 Å². The van der Waals surface area contributed by atoms with Crippen LogP contribution in [0.5, 0.6) is 0 Å². The lowest BCUT2D eigenvalue weighted by Gasteiger charge is -2.33. The van der Waals surface area contributed by atoms with Crippen molar-refractivity contribution in [3.05, 3.63) is 71.3 Å². The summed E-state index contributed by atoms with van der Waals surface area (Å²) in [5.74, 6) is -0.0871. The van der Waals surface area contributed by atoms with Crippen LogP contribution in [0.2, 0.25) is 0 Å². The Kier molecular flexibility index (Phi) is 8.64. The molecule has 2 rings (SSSR count). The molecule has 4 heteroatoms. The van der Waals surface area contributed by atoms with Crippen LogP contribution in [0.1, 0.15) is 64.2 Å². The normalized spacial score (nSPS) is 12.3. The summed E-state index contributed by atoms with van der Waals surface area (Å²) < 4.78 is 0. The first kappa shape index (κ1) is 23.7. The summed E-state index contributed by atoms with van der Waals surface area (Å²) >= 11 is 0. The SMILES string of the molecule is CCc1ccc(CCC(=O)N(Cc2ccccc2)C(CC)C(=O)NC(C)(C)C)cc1. The van der Waals surface area contributed by atoms with E-state index in [0.717, 1.165) is 17.5 Å². The number of carbonyl (C=O) groups excluding carboxylic acids is 2. The largest absolute Gasteiger partial charge is 0.350 e. The van der Waals surface area contributed by atoms with Crippen molar-refractivity contribution in [3.8, 4) is 0 Å². The molecule has 0 aliphatic heterocycles. The lowest BCUT2D eigenvalue weighted by molar-refractivity contribution is -0.142. The van der Waals surface area contributed by atoms with Crippen LogP contribution in [0.3, 0.4) is 0 Å². The van der Waals surface area contributed by atoms with E-state index in [1.165, 1.54) is 5.56 Å². The van der Waals surface area contributed by atoms with Crippen LogP contribution in [0.4, 0.5) is 0 Å². The standard InChI is InChI=1S/C26H36N2O2/c1-6-20-13-15-21(16-14-20)17-18-24(29)28(19-22-11-9-8-10-12-22)23(7-2)25(30)27-26(3,4)5/h8-16,23H,6-7,17-19H2,1-5H3,(H,27,30). The minimum absolute atomic E-state index is 0.00864. The second-order valence-corrected chi connectivity index (χ2v) is 8.84. The molecule has 2 aromatic rings. The summed E-state index contributed by atoms with van der Waals surface area (Å²) in [4.78, 5) is 28.0. The van der Waals surface area contributed by atoms with Crippen molar-refractivity contribution in [1.82, 2.24) is 10.2 Å². The van der Waals surface area contributed by atoms with E-state index in [1.807, 2.05) is 58.0 Å². The second-order valence-electron chi connectivity index (χ2n) is 8.84. The van der Waals surface area contributed by atoms with Gasteiger partial charge in [-0.25, -0.2) is 0 Å². The van der Waals surface area contributed by atoms with Gasteiger partial charge in [0.15, 0.2) is 0 Å². The summed E-state index contributed by atoms with van der Waals surface area (Å²) in [6.45, 7) is 10.4. The molecule has 162 valence electrons. The highest BCUT2D eigenvalue weighted by Gasteiger charge is 2.30. The number of aryl methyl sites for hydroxylation is 2. The molecule has 0 saturated carbocycles. The molecule has 1 N–H and O–H groups in total. The lowest BCUT2D eigenvalue weighted by Crippen LogP contribution is -2.53. The monoisotopic (exact) mass is 408 g/mol. The van der Waals surface area contributed by atoms with Crippen LogP contribution in [-0.2, 0) is 29.0 Å². The molecule has 0 saturated heterocycles. The maximum atomic E-state index is 13.3. The number of carbonyl (C=O) groups is 2. The van der Waals surface area contributed by atoms with E-state index in [4.69, 9.17) is 0 Å². The van der Waals surface area contributed by atoms with Crippen LogP contribution >= 0.6 is 0 Å². The van der Waals surface area contributed by atoms with Gasteiger partial charge >= 0.3 is 0 Å². The summed E-state index contributed by atoms with van der Waals surface area (Å²) in [5.41, 5.74) is 3.13. The fraction of sp³-hybridized carbons (Fsp3) is 0.462. The van der Waals surface area contributed by atoms with Gasteiger partial charge in [-0.3, -0.25) is 9.59 Å². The van der Waals surface area contributed by atoms with Crippen molar-refractivity contribution in [3.63, 3.8) is 0 Å². The number of rotatable bonds is 9. The average Bonchev–Trinajstić information content (AvgIpc) is 2.71. The van der Waals surface area contributed by atoms with Crippen molar-refractivity contribution in [2.24, 2.45) is 0 Å². The van der Waals surface area contributed by atoms with Gasteiger partial charge in [0.05, 0.1) is 0 Å². The fourth-order valence-electron chi connectivity index (χ4n) is 3.49. The lowest BCUT2D eigenvalue weighted by atomic mass is 10.0. The smallest absolute Gasteiger partial charge is 0.243 e. The Hall–Kier alpha value is -2.62. The topological polar surface area (TPSA) is 49.4 Å². The Morgan fingerprint density at radius 2 is 1.50 bits per heavy atom. The third-order valence-electron chi connectivity index (χ3n) is 5.14. The Labute approximate surface area is 181 Å². The molecular formula is C26H36N2O2. The summed E-state index contributed by atoms with van der Waals surface area (Å²) in [6, 6.07) is 17.8. The zero-order valence-corrected chi connectivity index (χ0v) is 19.1. The van der Waals surface area contributed by atoms with E-state index >= 15 is 0 Å². The summed E-state index contributed by atoms with van der Waals surface area (Å²) in [7, 11) is 0. The highest BCUT2D eigenvalue weighted by atomic mass is 16.2. The zero-order valence-electron chi connectivity index (χ0n) is 19.1. The van der Waals surface area contributed by atoms with Crippen molar-refractivity contribution < 1.29 is 9.59 Å². The predicted molar refractivity (Wildman–Crippen MR) is 123 cm³/mol. The zero-order chi connectivity index (χ0) is 22.1.